The van der Waals surface area contributed by atoms with E-state index in [9.17, 15) is 4.79 Å². The van der Waals surface area contributed by atoms with Crippen molar-refractivity contribution in [3.8, 4) is 0 Å². The second kappa shape index (κ2) is 3.89. The lowest BCUT2D eigenvalue weighted by Crippen LogP contribution is -2.38. The zero-order chi connectivity index (χ0) is 11.1. The van der Waals surface area contributed by atoms with Crippen LogP contribution < -0.4 is 5.32 Å². The Morgan fingerprint density at radius 2 is 2.38 bits per heavy atom. The fourth-order valence-corrected chi connectivity index (χ4v) is 2.98. The maximum Gasteiger partial charge on any atom is 0.289 e. The van der Waals surface area contributed by atoms with Crippen LogP contribution in [0.4, 0.5) is 0 Å². The molecule has 0 radical (unpaired) electrons. The van der Waals surface area contributed by atoms with Gasteiger partial charge in [0.1, 0.15) is 0 Å². The second-order valence-electron chi connectivity index (χ2n) is 4.38. The number of halogens is 1. The Labute approximate surface area is 102 Å². The van der Waals surface area contributed by atoms with Gasteiger partial charge in [0.05, 0.1) is 0 Å². The van der Waals surface area contributed by atoms with E-state index in [1.165, 1.54) is 0 Å². The number of furan rings is 1. The fourth-order valence-electron chi connectivity index (χ4n) is 2.67. The summed E-state index contributed by atoms with van der Waals surface area (Å²) < 4.78 is 5.92. The van der Waals surface area contributed by atoms with E-state index >= 15 is 0 Å². The lowest BCUT2D eigenvalue weighted by atomic mass is 10.1. The summed E-state index contributed by atoms with van der Waals surface area (Å²) in [5.74, 6) is 1.07. The van der Waals surface area contributed by atoms with Crippen LogP contribution in [0, 0.1) is 5.92 Å². The summed E-state index contributed by atoms with van der Waals surface area (Å²) in [6, 6.07) is 3.84. The van der Waals surface area contributed by atoms with Gasteiger partial charge in [-0.25, -0.2) is 0 Å². The molecule has 86 valence electrons. The number of hydrogen-bond donors (Lipinski definition) is 1. The zero-order valence-corrected chi connectivity index (χ0v) is 10.4. The van der Waals surface area contributed by atoms with Crippen LogP contribution in [0.1, 0.15) is 17.0 Å². The van der Waals surface area contributed by atoms with Crippen molar-refractivity contribution in [3.63, 3.8) is 0 Å². The van der Waals surface area contributed by atoms with Crippen LogP contribution in [-0.2, 0) is 0 Å². The van der Waals surface area contributed by atoms with Crippen molar-refractivity contribution in [2.45, 2.75) is 12.5 Å². The van der Waals surface area contributed by atoms with Crippen LogP contribution in [-0.4, -0.2) is 36.5 Å². The third-order valence-electron chi connectivity index (χ3n) is 3.49. The predicted octanol–water partition coefficient (Wildman–Crippen LogP) is 1.48. The maximum atomic E-state index is 12.2. The van der Waals surface area contributed by atoms with E-state index in [2.05, 4.69) is 21.2 Å². The lowest BCUT2D eigenvalue weighted by Gasteiger charge is -2.22. The van der Waals surface area contributed by atoms with Gasteiger partial charge in [0.2, 0.25) is 0 Å². The number of carbonyl (C=O) groups excluding carboxylic acids is 1. The molecule has 2 aliphatic rings. The summed E-state index contributed by atoms with van der Waals surface area (Å²) in [4.78, 5) is 14.1. The van der Waals surface area contributed by atoms with Crippen molar-refractivity contribution in [3.05, 3.63) is 22.6 Å². The first kappa shape index (κ1) is 10.4. The highest BCUT2D eigenvalue weighted by molar-refractivity contribution is 9.10. The lowest BCUT2D eigenvalue weighted by molar-refractivity contribution is 0.0703. The Hall–Kier alpha value is -0.810. The van der Waals surface area contributed by atoms with E-state index in [1.807, 2.05) is 4.90 Å². The fraction of sp³-hybridized carbons (Fsp3) is 0.545. The molecule has 1 aromatic heterocycles. The number of nitrogens with one attached hydrogen (secondary N) is 1. The van der Waals surface area contributed by atoms with E-state index in [4.69, 9.17) is 4.42 Å². The molecule has 2 saturated heterocycles. The largest absolute Gasteiger partial charge is 0.444 e. The molecular formula is C11H13BrN2O2. The van der Waals surface area contributed by atoms with E-state index in [-0.39, 0.29) is 5.91 Å². The molecule has 0 aliphatic carbocycles. The highest BCUT2D eigenvalue weighted by atomic mass is 79.9. The van der Waals surface area contributed by atoms with Crippen molar-refractivity contribution in [1.29, 1.82) is 0 Å². The first-order chi connectivity index (χ1) is 7.75. The first-order valence-corrected chi connectivity index (χ1v) is 6.32. The van der Waals surface area contributed by atoms with Crippen molar-refractivity contribution in [2.75, 3.05) is 19.6 Å². The number of carbonyl (C=O) groups is 1. The van der Waals surface area contributed by atoms with E-state index < -0.39 is 0 Å². The standard InChI is InChI=1S/C11H13BrN2O2/c12-10-2-1-9(16-10)11(15)14-4-3-7-5-13-6-8(7)14/h1-2,7-8,13H,3-6H2. The topological polar surface area (TPSA) is 45.5 Å². The average molecular weight is 285 g/mol. The summed E-state index contributed by atoms with van der Waals surface area (Å²) in [6.45, 7) is 2.81. The van der Waals surface area contributed by atoms with Gasteiger partial charge in [-0.3, -0.25) is 4.79 Å². The monoisotopic (exact) mass is 284 g/mol. The van der Waals surface area contributed by atoms with Crippen LogP contribution in [0.2, 0.25) is 0 Å². The van der Waals surface area contributed by atoms with Crippen molar-refractivity contribution >= 4 is 21.8 Å². The van der Waals surface area contributed by atoms with Gasteiger partial charge in [0.25, 0.3) is 5.91 Å². The molecule has 16 heavy (non-hydrogen) atoms. The van der Waals surface area contributed by atoms with Crippen LogP contribution in [0.15, 0.2) is 21.2 Å². The third kappa shape index (κ3) is 1.58. The average Bonchev–Trinajstić information content (AvgIpc) is 2.90. The van der Waals surface area contributed by atoms with Crippen molar-refractivity contribution in [1.82, 2.24) is 10.2 Å². The summed E-state index contributed by atoms with van der Waals surface area (Å²) in [7, 11) is 0. The van der Waals surface area contributed by atoms with Gasteiger partial charge < -0.3 is 14.6 Å². The van der Waals surface area contributed by atoms with E-state index in [0.717, 1.165) is 26.1 Å². The van der Waals surface area contributed by atoms with Crippen LogP contribution in [0.3, 0.4) is 0 Å². The molecule has 1 aromatic rings. The Morgan fingerprint density at radius 1 is 1.50 bits per heavy atom. The molecule has 2 aliphatic heterocycles. The molecule has 5 heteroatoms. The van der Waals surface area contributed by atoms with Gasteiger partial charge in [0.15, 0.2) is 10.4 Å². The van der Waals surface area contributed by atoms with Gasteiger partial charge in [-0.15, -0.1) is 0 Å². The second-order valence-corrected chi connectivity index (χ2v) is 5.16. The third-order valence-corrected chi connectivity index (χ3v) is 3.92. The SMILES string of the molecule is O=C(c1ccc(Br)o1)N1CCC2CNCC21. The molecule has 4 nitrogen and oxygen atoms in total. The number of fused-ring (bicyclic) bond motifs is 1. The molecule has 1 amide bonds. The van der Waals surface area contributed by atoms with Crippen LogP contribution in [0.25, 0.3) is 0 Å². The summed E-state index contributed by atoms with van der Waals surface area (Å²) >= 11 is 3.22. The molecule has 3 rings (SSSR count). The van der Waals surface area contributed by atoms with Crippen molar-refractivity contribution < 1.29 is 9.21 Å². The number of hydrogen-bond acceptors (Lipinski definition) is 3. The Kier molecular flexibility index (Phi) is 2.52. The van der Waals surface area contributed by atoms with E-state index in [0.29, 0.717) is 22.4 Å². The minimum atomic E-state index is 0.0156. The van der Waals surface area contributed by atoms with Gasteiger partial charge in [0, 0.05) is 25.7 Å². The highest BCUT2D eigenvalue weighted by Gasteiger charge is 2.40. The highest BCUT2D eigenvalue weighted by Crippen LogP contribution is 2.29. The number of amides is 1. The number of nitrogens with zero attached hydrogens (tertiary/aromatic N) is 1. The zero-order valence-electron chi connectivity index (χ0n) is 8.78. The molecular weight excluding hydrogens is 272 g/mol. The number of likely N-dealkylation sites (tertiary alicyclic amines) is 1. The minimum Gasteiger partial charge on any atom is -0.444 e. The molecule has 1 N–H and O–H groups in total. The van der Waals surface area contributed by atoms with Crippen LogP contribution in [0.5, 0.6) is 0 Å². The summed E-state index contributed by atoms with van der Waals surface area (Å²) in [5.41, 5.74) is 0. The molecule has 0 aromatic carbocycles. The van der Waals surface area contributed by atoms with Gasteiger partial charge in [-0.05, 0) is 40.4 Å². The maximum absolute atomic E-state index is 12.2. The Balaban J connectivity index is 1.80. The minimum absolute atomic E-state index is 0.0156. The van der Waals surface area contributed by atoms with Gasteiger partial charge in [-0.2, -0.15) is 0 Å². The molecule has 2 atom stereocenters. The van der Waals surface area contributed by atoms with Gasteiger partial charge >= 0.3 is 0 Å². The normalized spacial score (nSPS) is 28.4. The molecule has 0 saturated carbocycles. The van der Waals surface area contributed by atoms with E-state index in [1.54, 1.807) is 12.1 Å². The predicted molar refractivity (Wildman–Crippen MR) is 62.2 cm³/mol. The molecule has 2 fully saturated rings. The molecule has 2 unspecified atom stereocenters. The van der Waals surface area contributed by atoms with Gasteiger partial charge in [-0.1, -0.05) is 0 Å². The first-order valence-electron chi connectivity index (χ1n) is 5.53. The summed E-state index contributed by atoms with van der Waals surface area (Å²) in [5, 5.41) is 3.33. The van der Waals surface area contributed by atoms with Crippen LogP contribution >= 0.6 is 15.9 Å². The smallest absolute Gasteiger partial charge is 0.289 e. The Bertz CT molecular complexity index is 418. The molecule has 3 heterocycles. The quantitative estimate of drug-likeness (QED) is 0.850. The molecule has 0 spiro atoms. The Morgan fingerprint density at radius 3 is 3.12 bits per heavy atom. The molecule has 0 bridgehead atoms. The number of rotatable bonds is 1. The van der Waals surface area contributed by atoms with Crippen molar-refractivity contribution in [2.24, 2.45) is 5.92 Å². The summed E-state index contributed by atoms with van der Waals surface area (Å²) in [6.07, 6.45) is 1.10.